The summed E-state index contributed by atoms with van der Waals surface area (Å²) < 4.78 is 0. The highest BCUT2D eigenvalue weighted by molar-refractivity contribution is 6.12. The Morgan fingerprint density at radius 1 is 1.08 bits per heavy atom. The van der Waals surface area contributed by atoms with E-state index < -0.39 is 0 Å². The van der Waals surface area contributed by atoms with Crippen LogP contribution in [-0.4, -0.2) is 55.3 Å². The molecule has 0 saturated carbocycles. The number of rotatable bonds is 2. The van der Waals surface area contributed by atoms with Crippen molar-refractivity contribution in [1.82, 2.24) is 9.80 Å². The van der Waals surface area contributed by atoms with E-state index in [0.717, 1.165) is 5.94 Å². The predicted octanol–water partition coefficient (Wildman–Crippen LogP) is 0.380. The Morgan fingerprint density at radius 2 is 1.69 bits per heavy atom. The van der Waals surface area contributed by atoms with E-state index in [1.807, 2.05) is 0 Å². The minimum Gasteiger partial charge on any atom is -0.303 e. The quantitative estimate of drug-likeness (QED) is 0.569. The second kappa shape index (κ2) is 4.47. The van der Waals surface area contributed by atoms with Crippen molar-refractivity contribution >= 4 is 7.85 Å². The standard InChI is InChI=1S/C10H23BN2/c1-8(2)12-5-6-13(9(3)4)10(11)7-12/h8-10H,5-7,11H2,1-4H3. The molecule has 0 radical (unpaired) electrons. The lowest BCUT2D eigenvalue weighted by Crippen LogP contribution is -2.57. The van der Waals surface area contributed by atoms with Gasteiger partial charge in [-0.25, -0.2) is 0 Å². The van der Waals surface area contributed by atoms with Crippen LogP contribution in [0.2, 0.25) is 0 Å². The Balaban J connectivity index is 2.46. The third kappa shape index (κ3) is 2.71. The summed E-state index contributed by atoms with van der Waals surface area (Å²) in [6.07, 6.45) is 0. The number of nitrogens with zero attached hydrogens (tertiary/aromatic N) is 2. The molecular formula is C10H23BN2. The van der Waals surface area contributed by atoms with Crippen LogP contribution in [0.3, 0.4) is 0 Å². The van der Waals surface area contributed by atoms with Crippen molar-refractivity contribution < 1.29 is 0 Å². The van der Waals surface area contributed by atoms with E-state index >= 15 is 0 Å². The van der Waals surface area contributed by atoms with Crippen LogP contribution in [0, 0.1) is 0 Å². The number of hydrogen-bond acceptors (Lipinski definition) is 2. The SMILES string of the molecule is BC1CN(C(C)C)CCN1C(C)C. The fraction of sp³-hybridized carbons (Fsp3) is 1.00. The molecule has 0 aliphatic carbocycles. The summed E-state index contributed by atoms with van der Waals surface area (Å²) >= 11 is 0. The fourth-order valence-corrected chi connectivity index (χ4v) is 2.24. The minimum absolute atomic E-state index is 0.698. The lowest BCUT2D eigenvalue weighted by Gasteiger charge is -2.43. The molecule has 0 N–H and O–H groups in total. The van der Waals surface area contributed by atoms with Crippen molar-refractivity contribution in [2.75, 3.05) is 19.6 Å². The van der Waals surface area contributed by atoms with Gasteiger partial charge in [0.25, 0.3) is 0 Å². The zero-order valence-corrected chi connectivity index (χ0v) is 9.75. The molecule has 0 aromatic heterocycles. The molecular weight excluding hydrogens is 159 g/mol. The molecule has 1 fully saturated rings. The summed E-state index contributed by atoms with van der Waals surface area (Å²) in [5.74, 6) is 0.719. The van der Waals surface area contributed by atoms with Gasteiger partial charge in [0.1, 0.15) is 7.85 Å². The van der Waals surface area contributed by atoms with Gasteiger partial charge in [0.15, 0.2) is 0 Å². The van der Waals surface area contributed by atoms with Crippen LogP contribution in [0.4, 0.5) is 0 Å². The van der Waals surface area contributed by atoms with Crippen molar-refractivity contribution in [3.8, 4) is 0 Å². The van der Waals surface area contributed by atoms with E-state index in [-0.39, 0.29) is 0 Å². The second-order valence-electron chi connectivity index (χ2n) is 4.77. The molecule has 0 aromatic carbocycles. The molecule has 0 spiro atoms. The summed E-state index contributed by atoms with van der Waals surface area (Å²) in [4.78, 5) is 5.17. The molecule has 1 aliphatic heterocycles. The largest absolute Gasteiger partial charge is 0.303 e. The average Bonchev–Trinajstić information content (AvgIpc) is 2.03. The topological polar surface area (TPSA) is 6.48 Å². The van der Waals surface area contributed by atoms with Gasteiger partial charge in [0.05, 0.1) is 0 Å². The zero-order chi connectivity index (χ0) is 10.0. The minimum atomic E-state index is 0.698. The molecule has 2 nitrogen and oxygen atoms in total. The van der Waals surface area contributed by atoms with Crippen LogP contribution in [0.1, 0.15) is 27.7 Å². The molecule has 1 atom stereocenters. The van der Waals surface area contributed by atoms with Gasteiger partial charge in [-0.1, -0.05) is 0 Å². The molecule has 1 saturated heterocycles. The average molecular weight is 182 g/mol. The summed E-state index contributed by atoms with van der Waals surface area (Å²) in [5.41, 5.74) is 0. The summed E-state index contributed by atoms with van der Waals surface area (Å²) in [7, 11) is 2.34. The molecule has 0 aromatic rings. The first kappa shape index (κ1) is 11.1. The van der Waals surface area contributed by atoms with Gasteiger partial charge in [-0.15, -0.1) is 0 Å². The van der Waals surface area contributed by atoms with Gasteiger partial charge in [-0.2, -0.15) is 0 Å². The van der Waals surface area contributed by atoms with Crippen LogP contribution in [-0.2, 0) is 0 Å². The highest BCUT2D eigenvalue weighted by Crippen LogP contribution is 2.12. The van der Waals surface area contributed by atoms with Gasteiger partial charge in [-0.05, 0) is 33.6 Å². The van der Waals surface area contributed by atoms with Gasteiger partial charge < -0.3 is 4.90 Å². The van der Waals surface area contributed by atoms with Crippen molar-refractivity contribution in [1.29, 1.82) is 0 Å². The van der Waals surface area contributed by atoms with Crippen LogP contribution in [0.25, 0.3) is 0 Å². The maximum Gasteiger partial charge on any atom is 0.125 e. The zero-order valence-electron chi connectivity index (χ0n) is 9.75. The number of piperazine rings is 1. The number of hydrogen-bond donors (Lipinski definition) is 0. The van der Waals surface area contributed by atoms with Crippen molar-refractivity contribution in [3.63, 3.8) is 0 Å². The lowest BCUT2D eigenvalue weighted by atomic mass is 9.90. The summed E-state index contributed by atoms with van der Waals surface area (Å²) in [6.45, 7) is 12.9. The van der Waals surface area contributed by atoms with Gasteiger partial charge in [0, 0.05) is 31.7 Å². The van der Waals surface area contributed by atoms with Crippen LogP contribution in [0.15, 0.2) is 0 Å². The maximum atomic E-state index is 2.60. The Bertz CT molecular complexity index is 159. The Morgan fingerprint density at radius 3 is 2.08 bits per heavy atom. The summed E-state index contributed by atoms with van der Waals surface area (Å²) in [5, 5.41) is 0. The van der Waals surface area contributed by atoms with E-state index in [0.29, 0.717) is 12.1 Å². The van der Waals surface area contributed by atoms with E-state index in [2.05, 4.69) is 45.3 Å². The monoisotopic (exact) mass is 182 g/mol. The smallest absolute Gasteiger partial charge is 0.125 e. The summed E-state index contributed by atoms with van der Waals surface area (Å²) in [6, 6.07) is 1.40. The first-order chi connectivity index (χ1) is 6.02. The molecule has 1 unspecified atom stereocenters. The molecule has 13 heavy (non-hydrogen) atoms. The Hall–Kier alpha value is -0.0151. The van der Waals surface area contributed by atoms with Gasteiger partial charge >= 0.3 is 0 Å². The molecule has 1 rings (SSSR count). The van der Waals surface area contributed by atoms with Crippen LogP contribution in [0.5, 0.6) is 0 Å². The molecule has 0 bridgehead atoms. The first-order valence-corrected chi connectivity index (χ1v) is 5.52. The molecule has 76 valence electrons. The van der Waals surface area contributed by atoms with Crippen molar-refractivity contribution in [3.05, 3.63) is 0 Å². The molecule has 0 amide bonds. The molecule has 1 heterocycles. The second-order valence-corrected chi connectivity index (χ2v) is 4.77. The fourth-order valence-electron chi connectivity index (χ4n) is 2.24. The lowest BCUT2D eigenvalue weighted by molar-refractivity contribution is 0.0704. The third-order valence-electron chi connectivity index (χ3n) is 3.10. The van der Waals surface area contributed by atoms with Gasteiger partial charge in [0.2, 0.25) is 0 Å². The van der Waals surface area contributed by atoms with E-state index in [4.69, 9.17) is 0 Å². The van der Waals surface area contributed by atoms with Crippen LogP contribution < -0.4 is 0 Å². The van der Waals surface area contributed by atoms with Gasteiger partial charge in [-0.3, -0.25) is 4.90 Å². The molecule has 1 aliphatic rings. The van der Waals surface area contributed by atoms with E-state index in [9.17, 15) is 0 Å². The van der Waals surface area contributed by atoms with Crippen LogP contribution >= 0.6 is 0 Å². The Kier molecular flexibility index (Phi) is 3.80. The first-order valence-electron chi connectivity index (χ1n) is 5.52. The Labute approximate surface area is 83.7 Å². The normalized spacial score (nSPS) is 27.4. The maximum absolute atomic E-state index is 2.60. The third-order valence-corrected chi connectivity index (χ3v) is 3.10. The van der Waals surface area contributed by atoms with E-state index in [1.165, 1.54) is 19.6 Å². The van der Waals surface area contributed by atoms with Crippen molar-refractivity contribution in [2.45, 2.75) is 45.7 Å². The highest BCUT2D eigenvalue weighted by Gasteiger charge is 2.25. The highest BCUT2D eigenvalue weighted by atomic mass is 15.3. The molecule has 3 heteroatoms. The predicted molar refractivity (Wildman–Crippen MR) is 60.9 cm³/mol. The van der Waals surface area contributed by atoms with E-state index in [1.54, 1.807) is 0 Å². The van der Waals surface area contributed by atoms with Crippen molar-refractivity contribution in [2.24, 2.45) is 0 Å².